The van der Waals surface area contributed by atoms with Crippen LogP contribution in [0.15, 0.2) is 34.9 Å². The number of rotatable bonds is 2. The average Bonchev–Trinajstić information content (AvgIpc) is 2.35. The van der Waals surface area contributed by atoms with Crippen molar-refractivity contribution in [2.24, 2.45) is 0 Å². The molecule has 0 atom stereocenters. The van der Waals surface area contributed by atoms with Crippen molar-refractivity contribution in [3.05, 3.63) is 46.4 Å². The maximum absolute atomic E-state index is 13.5. The van der Waals surface area contributed by atoms with E-state index in [1.165, 1.54) is 12.1 Å². The van der Waals surface area contributed by atoms with E-state index in [0.717, 1.165) is 12.3 Å². The molecule has 20 heavy (non-hydrogen) atoms. The number of benzene rings is 1. The Hall–Kier alpha value is -1.83. The predicted octanol–water partition coefficient (Wildman–Crippen LogP) is 4.38. The Kier molecular flexibility index (Phi) is 3.85. The molecule has 2 aromatic rings. The van der Waals surface area contributed by atoms with Crippen molar-refractivity contribution in [3.8, 4) is 11.5 Å². The summed E-state index contributed by atoms with van der Waals surface area (Å²) >= 11 is 3.10. The Morgan fingerprint density at radius 1 is 1.15 bits per heavy atom. The van der Waals surface area contributed by atoms with Gasteiger partial charge in [0, 0.05) is 10.5 Å². The molecular weight excluding hydrogens is 344 g/mol. The summed E-state index contributed by atoms with van der Waals surface area (Å²) in [5.74, 6) is -1.28. The quantitative estimate of drug-likeness (QED) is 0.817. The van der Waals surface area contributed by atoms with E-state index in [1.54, 1.807) is 0 Å². The first-order valence-corrected chi connectivity index (χ1v) is 6.02. The summed E-state index contributed by atoms with van der Waals surface area (Å²) < 4.78 is 56.7. The molecule has 0 amide bonds. The van der Waals surface area contributed by atoms with Gasteiger partial charge < -0.3 is 10.5 Å². The van der Waals surface area contributed by atoms with Crippen molar-refractivity contribution in [1.29, 1.82) is 0 Å². The van der Waals surface area contributed by atoms with Crippen molar-refractivity contribution in [1.82, 2.24) is 4.98 Å². The molecule has 2 rings (SSSR count). The third kappa shape index (κ3) is 3.19. The molecule has 0 saturated carbocycles. The van der Waals surface area contributed by atoms with Gasteiger partial charge in [0.25, 0.3) is 0 Å². The van der Waals surface area contributed by atoms with E-state index in [2.05, 4.69) is 20.9 Å². The van der Waals surface area contributed by atoms with Crippen LogP contribution in [0.4, 0.5) is 23.2 Å². The molecule has 3 nitrogen and oxygen atoms in total. The van der Waals surface area contributed by atoms with Crippen LogP contribution in [0.25, 0.3) is 0 Å². The molecular formula is C12H7BrF4N2O. The van der Waals surface area contributed by atoms with Crippen molar-refractivity contribution >= 4 is 21.6 Å². The minimum atomic E-state index is -4.64. The Labute approximate surface area is 119 Å². The maximum atomic E-state index is 13.5. The molecule has 2 N–H and O–H groups in total. The number of aromatic nitrogens is 1. The van der Waals surface area contributed by atoms with Gasteiger partial charge in [0.1, 0.15) is 5.69 Å². The minimum absolute atomic E-state index is 0.127. The van der Waals surface area contributed by atoms with E-state index >= 15 is 0 Å². The highest BCUT2D eigenvalue weighted by Gasteiger charge is 2.33. The lowest BCUT2D eigenvalue weighted by atomic mass is 10.3. The lowest BCUT2D eigenvalue weighted by molar-refractivity contribution is -0.141. The van der Waals surface area contributed by atoms with Gasteiger partial charge in [-0.15, -0.1) is 0 Å². The zero-order valence-corrected chi connectivity index (χ0v) is 11.3. The zero-order chi connectivity index (χ0) is 14.9. The van der Waals surface area contributed by atoms with Gasteiger partial charge in [0.05, 0.1) is 11.9 Å². The highest BCUT2D eigenvalue weighted by molar-refractivity contribution is 9.10. The van der Waals surface area contributed by atoms with Gasteiger partial charge >= 0.3 is 6.18 Å². The smallest absolute Gasteiger partial charge is 0.433 e. The third-order valence-electron chi connectivity index (χ3n) is 2.30. The fourth-order valence-electron chi connectivity index (χ4n) is 1.36. The number of nitrogens with zero attached hydrogens (tertiary/aromatic N) is 1. The van der Waals surface area contributed by atoms with Crippen molar-refractivity contribution in [2.45, 2.75) is 6.18 Å². The summed E-state index contributed by atoms with van der Waals surface area (Å²) in [5.41, 5.74) is 4.18. The van der Waals surface area contributed by atoms with E-state index < -0.39 is 17.7 Å². The van der Waals surface area contributed by atoms with Crippen LogP contribution in [0, 0.1) is 5.82 Å². The number of pyridine rings is 1. The van der Waals surface area contributed by atoms with Gasteiger partial charge in [0.15, 0.2) is 17.3 Å². The molecule has 0 aliphatic heterocycles. The second kappa shape index (κ2) is 5.28. The summed E-state index contributed by atoms with van der Waals surface area (Å²) in [6.45, 7) is 0. The molecule has 1 heterocycles. The van der Waals surface area contributed by atoms with Gasteiger partial charge in [-0.25, -0.2) is 9.37 Å². The molecule has 0 spiro atoms. The fraction of sp³-hybridized carbons (Fsp3) is 0.0833. The molecule has 0 unspecified atom stereocenters. The first-order valence-electron chi connectivity index (χ1n) is 5.23. The fourth-order valence-corrected chi connectivity index (χ4v) is 1.70. The van der Waals surface area contributed by atoms with Crippen LogP contribution in [-0.4, -0.2) is 4.98 Å². The highest BCUT2D eigenvalue weighted by atomic mass is 79.9. The van der Waals surface area contributed by atoms with Crippen molar-refractivity contribution in [2.75, 3.05) is 5.73 Å². The molecule has 1 aromatic carbocycles. The van der Waals surface area contributed by atoms with Crippen LogP contribution < -0.4 is 10.5 Å². The van der Waals surface area contributed by atoms with E-state index in [4.69, 9.17) is 10.5 Å². The third-order valence-corrected chi connectivity index (χ3v) is 2.79. The summed E-state index contributed by atoms with van der Waals surface area (Å²) in [5, 5.41) is 0. The van der Waals surface area contributed by atoms with Crippen LogP contribution in [0.2, 0.25) is 0 Å². The summed E-state index contributed by atoms with van der Waals surface area (Å²) in [4.78, 5) is 3.16. The Morgan fingerprint density at radius 3 is 2.50 bits per heavy atom. The molecule has 0 aliphatic carbocycles. The number of halogens is 5. The predicted molar refractivity (Wildman–Crippen MR) is 67.8 cm³/mol. The standard InChI is InChI=1S/C12H7BrF4N2O/c13-6-1-2-7(14)9(3-6)20-10-4-11(12(15,16)17)19-5-8(10)18/h1-5H,18H2. The van der Waals surface area contributed by atoms with Gasteiger partial charge in [-0.2, -0.15) is 13.2 Å². The topological polar surface area (TPSA) is 48.1 Å². The van der Waals surface area contributed by atoms with Crippen LogP contribution in [0.5, 0.6) is 11.5 Å². The second-order valence-corrected chi connectivity index (χ2v) is 4.70. The first-order chi connectivity index (χ1) is 9.27. The first kappa shape index (κ1) is 14.6. The summed E-state index contributed by atoms with van der Waals surface area (Å²) in [6.07, 6.45) is -3.82. The number of anilines is 1. The van der Waals surface area contributed by atoms with E-state index in [1.807, 2.05) is 0 Å². The van der Waals surface area contributed by atoms with Crippen LogP contribution in [0.1, 0.15) is 5.69 Å². The Bertz CT molecular complexity index is 646. The SMILES string of the molecule is Nc1cnc(C(F)(F)F)cc1Oc1cc(Br)ccc1F. The van der Waals surface area contributed by atoms with Gasteiger partial charge in [-0.05, 0) is 18.2 Å². The molecule has 0 saturated heterocycles. The van der Waals surface area contributed by atoms with E-state index in [0.29, 0.717) is 10.5 Å². The van der Waals surface area contributed by atoms with Crippen LogP contribution in [-0.2, 0) is 6.18 Å². The molecule has 0 bridgehead atoms. The number of nitrogens with two attached hydrogens (primary N) is 1. The highest BCUT2D eigenvalue weighted by Crippen LogP contribution is 2.35. The molecule has 8 heteroatoms. The molecule has 0 aliphatic rings. The van der Waals surface area contributed by atoms with Crippen LogP contribution in [0.3, 0.4) is 0 Å². The van der Waals surface area contributed by atoms with Gasteiger partial charge in [-0.3, -0.25) is 0 Å². The molecule has 0 radical (unpaired) electrons. The van der Waals surface area contributed by atoms with E-state index in [9.17, 15) is 17.6 Å². The average molecular weight is 351 g/mol. The lowest BCUT2D eigenvalue weighted by Gasteiger charge is -2.12. The number of alkyl halides is 3. The summed E-state index contributed by atoms with van der Waals surface area (Å²) in [7, 11) is 0. The van der Waals surface area contributed by atoms with Crippen LogP contribution >= 0.6 is 15.9 Å². The summed E-state index contributed by atoms with van der Waals surface area (Å²) in [6, 6.07) is 4.44. The minimum Gasteiger partial charge on any atom is -0.452 e. The monoisotopic (exact) mass is 350 g/mol. The van der Waals surface area contributed by atoms with Crippen molar-refractivity contribution in [3.63, 3.8) is 0 Å². The Balaban J connectivity index is 2.40. The molecule has 106 valence electrons. The normalized spacial score (nSPS) is 11.4. The number of ether oxygens (including phenoxy) is 1. The second-order valence-electron chi connectivity index (χ2n) is 3.78. The van der Waals surface area contributed by atoms with Gasteiger partial charge in [0.2, 0.25) is 0 Å². The largest absolute Gasteiger partial charge is 0.452 e. The lowest BCUT2D eigenvalue weighted by Crippen LogP contribution is -2.08. The maximum Gasteiger partial charge on any atom is 0.433 e. The number of nitrogen functional groups attached to an aromatic ring is 1. The molecule has 1 aromatic heterocycles. The van der Waals surface area contributed by atoms with E-state index in [-0.39, 0.29) is 17.2 Å². The molecule has 0 fully saturated rings. The number of hydrogen-bond donors (Lipinski definition) is 1. The van der Waals surface area contributed by atoms with Gasteiger partial charge in [-0.1, -0.05) is 15.9 Å². The zero-order valence-electron chi connectivity index (χ0n) is 9.71. The van der Waals surface area contributed by atoms with Crippen molar-refractivity contribution < 1.29 is 22.3 Å². The number of hydrogen-bond acceptors (Lipinski definition) is 3. The Morgan fingerprint density at radius 2 is 1.85 bits per heavy atom.